The number of fused-ring (bicyclic) bond motifs is 4. The van der Waals surface area contributed by atoms with Crippen molar-refractivity contribution in [2.75, 3.05) is 0 Å². The molecular formula is C41H38Zr. The molecule has 7 aromatic carbocycles. The van der Waals surface area contributed by atoms with Gasteiger partial charge in [-0.05, 0) is 12.8 Å². The second kappa shape index (κ2) is 14.0. The predicted octanol–water partition coefficient (Wildman–Crippen LogP) is 10.8. The van der Waals surface area contributed by atoms with Crippen LogP contribution in [0.15, 0.2) is 133 Å². The quantitative estimate of drug-likeness (QED) is 0.172. The summed E-state index contributed by atoms with van der Waals surface area (Å²) < 4.78 is 1.42. The SMILES string of the molecule is CCc1ccc2c(c1)[cH-]c1cc(CC)ccc12.Cc1c[cH-]c2c(C)cccc12.[Zr+2]=[C](c1ccccc1)c1ccccc1. The van der Waals surface area contributed by atoms with Crippen LogP contribution >= 0.6 is 0 Å². The summed E-state index contributed by atoms with van der Waals surface area (Å²) in [5, 5.41) is 8.33. The molecule has 0 aliphatic heterocycles. The van der Waals surface area contributed by atoms with Gasteiger partial charge in [0.2, 0.25) is 0 Å². The van der Waals surface area contributed by atoms with Gasteiger partial charge in [0.25, 0.3) is 0 Å². The van der Waals surface area contributed by atoms with E-state index in [1.807, 2.05) is 0 Å². The average Bonchev–Trinajstić information content (AvgIpc) is 3.62. The van der Waals surface area contributed by atoms with Gasteiger partial charge in [-0.2, -0.15) is 11.6 Å². The number of hydrogen-bond acceptors (Lipinski definition) is 0. The van der Waals surface area contributed by atoms with E-state index in [1.54, 1.807) is 0 Å². The van der Waals surface area contributed by atoms with Gasteiger partial charge >= 0.3 is 99.2 Å². The zero-order valence-electron chi connectivity index (χ0n) is 25.1. The maximum atomic E-state index is 2.32. The Morgan fingerprint density at radius 1 is 0.571 bits per heavy atom. The third-order valence-corrected chi connectivity index (χ3v) is 9.44. The Morgan fingerprint density at radius 2 is 1.10 bits per heavy atom. The molecule has 1 heteroatoms. The molecule has 42 heavy (non-hydrogen) atoms. The Morgan fingerprint density at radius 3 is 1.57 bits per heavy atom. The summed E-state index contributed by atoms with van der Waals surface area (Å²) in [6.45, 7) is 8.72. The molecule has 0 nitrogen and oxygen atoms in total. The summed E-state index contributed by atoms with van der Waals surface area (Å²) in [7, 11) is 0. The average molecular weight is 622 g/mol. The fourth-order valence-electron chi connectivity index (χ4n) is 5.48. The Bertz CT molecular complexity index is 1820. The summed E-state index contributed by atoms with van der Waals surface area (Å²) in [5.74, 6) is 0. The van der Waals surface area contributed by atoms with E-state index >= 15 is 0 Å². The second-order valence-electron chi connectivity index (χ2n) is 10.9. The number of aryl methyl sites for hydroxylation is 4. The van der Waals surface area contributed by atoms with E-state index in [0.717, 1.165) is 12.8 Å². The van der Waals surface area contributed by atoms with Crippen molar-refractivity contribution in [3.8, 4) is 0 Å². The van der Waals surface area contributed by atoms with Crippen molar-refractivity contribution in [1.29, 1.82) is 0 Å². The zero-order valence-corrected chi connectivity index (χ0v) is 27.6. The van der Waals surface area contributed by atoms with Gasteiger partial charge in [0.05, 0.1) is 0 Å². The molecule has 0 heterocycles. The van der Waals surface area contributed by atoms with Gasteiger partial charge in [-0.15, -0.1) is 74.3 Å². The summed E-state index contributed by atoms with van der Waals surface area (Å²) in [5.41, 5.74) is 8.25. The van der Waals surface area contributed by atoms with E-state index in [-0.39, 0.29) is 0 Å². The number of hydrogen-bond donors (Lipinski definition) is 0. The Hall–Kier alpha value is -3.67. The first kappa shape index (κ1) is 29.8. The monoisotopic (exact) mass is 620 g/mol. The van der Waals surface area contributed by atoms with E-state index in [1.165, 1.54) is 93.1 Å². The Labute approximate surface area is 265 Å². The van der Waals surface area contributed by atoms with Gasteiger partial charge < -0.3 is 0 Å². The predicted molar refractivity (Wildman–Crippen MR) is 181 cm³/mol. The zero-order chi connectivity index (χ0) is 29.5. The van der Waals surface area contributed by atoms with Crippen molar-refractivity contribution < 1.29 is 24.2 Å². The molecule has 0 radical (unpaired) electrons. The first-order valence-electron chi connectivity index (χ1n) is 14.9. The molecule has 0 N–H and O–H groups in total. The van der Waals surface area contributed by atoms with Crippen LogP contribution in [0.2, 0.25) is 0 Å². The molecule has 0 amide bonds. The Balaban J connectivity index is 0.000000129. The number of benzene rings is 5. The minimum absolute atomic E-state index is 1.11. The van der Waals surface area contributed by atoms with Crippen molar-refractivity contribution >= 4 is 35.5 Å². The fourth-order valence-corrected chi connectivity index (χ4v) is 6.30. The molecule has 0 bridgehead atoms. The van der Waals surface area contributed by atoms with Crippen LogP contribution in [0.4, 0.5) is 0 Å². The van der Waals surface area contributed by atoms with Crippen molar-refractivity contribution in [3.63, 3.8) is 0 Å². The van der Waals surface area contributed by atoms with Gasteiger partial charge in [0.15, 0.2) is 0 Å². The molecule has 0 saturated heterocycles. The third-order valence-electron chi connectivity index (χ3n) is 8.02. The summed E-state index contributed by atoms with van der Waals surface area (Å²) in [4.78, 5) is 0. The Kier molecular flexibility index (Phi) is 9.94. The third kappa shape index (κ3) is 6.86. The molecule has 7 aromatic rings. The van der Waals surface area contributed by atoms with Crippen LogP contribution in [0.1, 0.15) is 47.2 Å². The van der Waals surface area contributed by atoms with Gasteiger partial charge in [0.1, 0.15) is 0 Å². The first-order chi connectivity index (χ1) is 20.5. The van der Waals surface area contributed by atoms with Crippen LogP contribution in [-0.2, 0) is 37.1 Å². The van der Waals surface area contributed by atoms with Crippen LogP contribution in [-0.4, -0.2) is 3.21 Å². The van der Waals surface area contributed by atoms with E-state index in [0.29, 0.717) is 0 Å². The minimum atomic E-state index is 1.11. The molecule has 0 unspecified atom stereocenters. The van der Waals surface area contributed by atoms with Crippen molar-refractivity contribution in [1.82, 2.24) is 0 Å². The maximum absolute atomic E-state index is 2.32. The normalized spacial score (nSPS) is 10.7. The molecule has 0 aromatic heterocycles. The van der Waals surface area contributed by atoms with Gasteiger partial charge in [0, 0.05) is 0 Å². The summed E-state index contributed by atoms with van der Waals surface area (Å²) in [6, 6.07) is 47.9. The second-order valence-corrected chi connectivity index (χ2v) is 12.1. The van der Waals surface area contributed by atoms with Gasteiger partial charge in [-0.3, -0.25) is 0 Å². The van der Waals surface area contributed by atoms with E-state index in [4.69, 9.17) is 0 Å². The molecule has 206 valence electrons. The number of rotatable bonds is 4. The molecule has 7 rings (SSSR count). The van der Waals surface area contributed by atoms with Crippen LogP contribution in [0, 0.1) is 13.8 Å². The van der Waals surface area contributed by atoms with Crippen molar-refractivity contribution in [2.24, 2.45) is 0 Å². The topological polar surface area (TPSA) is 0 Å². The first-order valence-corrected chi connectivity index (χ1v) is 16.1. The van der Waals surface area contributed by atoms with Gasteiger partial charge in [-0.25, -0.2) is 0 Å². The van der Waals surface area contributed by atoms with Crippen LogP contribution < -0.4 is 0 Å². The molecule has 0 spiro atoms. The van der Waals surface area contributed by atoms with Crippen molar-refractivity contribution in [2.45, 2.75) is 40.5 Å². The van der Waals surface area contributed by atoms with Crippen LogP contribution in [0.3, 0.4) is 0 Å². The molecule has 0 aliphatic carbocycles. The fraction of sp³-hybridized carbons (Fsp3) is 0.146. The summed E-state index contributed by atoms with van der Waals surface area (Å²) >= 11 is 1.46. The molecular weight excluding hydrogens is 584 g/mol. The standard InChI is InChI=1S/C17H17.C13H10.C11H11.Zr/c1-3-12-5-7-16-14(9-12)11-15-10-13(4-2)6-8-17(15)16;1-3-7-12(8-4-1)11-13-9-5-2-6-10-13;1-8-4-3-5-10-9(2)6-7-11(8)10;/h5-11H,3-4H2,1-2H3;1-10H;3-7H,1-2H3;/q-1;;-1;+2. The van der Waals surface area contributed by atoms with E-state index < -0.39 is 0 Å². The van der Waals surface area contributed by atoms with Crippen molar-refractivity contribution in [3.05, 3.63) is 167 Å². The van der Waals surface area contributed by atoms with Crippen LogP contribution in [0.25, 0.3) is 32.3 Å². The molecule has 0 saturated carbocycles. The molecule has 0 aliphatic rings. The van der Waals surface area contributed by atoms with E-state index in [2.05, 4.69) is 161 Å². The van der Waals surface area contributed by atoms with E-state index in [9.17, 15) is 0 Å². The van der Waals surface area contributed by atoms with Gasteiger partial charge in [-0.1, -0.05) is 69.2 Å². The summed E-state index contributed by atoms with van der Waals surface area (Å²) in [6.07, 6.45) is 2.22. The molecule has 0 atom stereocenters. The molecule has 0 fully saturated rings. The van der Waals surface area contributed by atoms with Crippen LogP contribution in [0.5, 0.6) is 0 Å².